The smallest absolute Gasteiger partial charge is 0.195 e. The van der Waals surface area contributed by atoms with Crippen molar-refractivity contribution in [2.45, 2.75) is 12.8 Å². The molecule has 1 heterocycles. The molecule has 2 N–H and O–H groups in total. The maximum absolute atomic E-state index is 13.7. The minimum absolute atomic E-state index is 0.411. The SMILES string of the molecule is CN=C(NCCc1ccc(F)cc1F)Nc1ccc2c(c1)OCCCO2. The van der Waals surface area contributed by atoms with Gasteiger partial charge in [0, 0.05) is 37.8 Å². The highest BCUT2D eigenvalue weighted by atomic mass is 19.1. The van der Waals surface area contributed by atoms with Crippen molar-refractivity contribution in [3.8, 4) is 11.5 Å². The van der Waals surface area contributed by atoms with E-state index in [-0.39, 0.29) is 0 Å². The number of nitrogens with one attached hydrogen (secondary N) is 2. The fourth-order valence-electron chi connectivity index (χ4n) is 2.60. The van der Waals surface area contributed by atoms with E-state index in [2.05, 4.69) is 15.6 Å². The molecule has 2 aromatic carbocycles. The molecule has 0 aromatic heterocycles. The van der Waals surface area contributed by atoms with E-state index in [0.717, 1.165) is 23.9 Å². The molecule has 5 nitrogen and oxygen atoms in total. The second-order valence-corrected chi connectivity index (χ2v) is 5.82. The first-order chi connectivity index (χ1) is 12.7. The molecule has 1 aliphatic heterocycles. The van der Waals surface area contributed by atoms with Crippen LogP contribution >= 0.6 is 0 Å². The summed E-state index contributed by atoms with van der Waals surface area (Å²) >= 11 is 0. The van der Waals surface area contributed by atoms with E-state index in [0.29, 0.717) is 43.5 Å². The van der Waals surface area contributed by atoms with Crippen molar-refractivity contribution in [2.24, 2.45) is 4.99 Å². The molecule has 1 aliphatic rings. The second-order valence-electron chi connectivity index (χ2n) is 5.82. The minimum atomic E-state index is -0.578. The molecule has 26 heavy (non-hydrogen) atoms. The molecular weight excluding hydrogens is 340 g/mol. The Balaban J connectivity index is 1.57. The van der Waals surface area contributed by atoms with Crippen LogP contribution in [-0.4, -0.2) is 32.8 Å². The molecule has 0 amide bonds. The van der Waals surface area contributed by atoms with Crippen molar-refractivity contribution < 1.29 is 18.3 Å². The van der Waals surface area contributed by atoms with Gasteiger partial charge in [-0.05, 0) is 30.2 Å². The summed E-state index contributed by atoms with van der Waals surface area (Å²) in [4.78, 5) is 4.15. The van der Waals surface area contributed by atoms with Crippen molar-refractivity contribution in [3.05, 3.63) is 53.6 Å². The number of ether oxygens (including phenoxy) is 2. The van der Waals surface area contributed by atoms with Gasteiger partial charge in [-0.2, -0.15) is 0 Å². The summed E-state index contributed by atoms with van der Waals surface area (Å²) in [6.07, 6.45) is 1.26. The Bertz CT molecular complexity index is 796. The summed E-state index contributed by atoms with van der Waals surface area (Å²) < 4.78 is 37.9. The molecule has 0 aliphatic carbocycles. The van der Waals surface area contributed by atoms with Gasteiger partial charge >= 0.3 is 0 Å². The molecule has 0 unspecified atom stereocenters. The van der Waals surface area contributed by atoms with E-state index >= 15 is 0 Å². The van der Waals surface area contributed by atoms with Crippen LogP contribution < -0.4 is 20.1 Å². The molecule has 0 bridgehead atoms. The second kappa shape index (κ2) is 8.51. The van der Waals surface area contributed by atoms with Gasteiger partial charge in [0.25, 0.3) is 0 Å². The molecule has 3 rings (SSSR count). The third kappa shape index (κ3) is 4.62. The molecule has 7 heteroatoms. The van der Waals surface area contributed by atoms with Gasteiger partial charge in [0.1, 0.15) is 11.6 Å². The summed E-state index contributed by atoms with van der Waals surface area (Å²) in [6.45, 7) is 1.71. The lowest BCUT2D eigenvalue weighted by atomic mass is 10.1. The van der Waals surface area contributed by atoms with Crippen LogP contribution in [0.15, 0.2) is 41.4 Å². The van der Waals surface area contributed by atoms with Crippen LogP contribution in [0.25, 0.3) is 0 Å². The molecule has 0 fully saturated rings. The maximum Gasteiger partial charge on any atom is 0.195 e. The summed E-state index contributed by atoms with van der Waals surface area (Å²) in [7, 11) is 1.65. The van der Waals surface area contributed by atoms with Crippen molar-refractivity contribution in [1.82, 2.24) is 5.32 Å². The zero-order chi connectivity index (χ0) is 18.4. The zero-order valence-corrected chi connectivity index (χ0v) is 14.5. The third-order valence-electron chi connectivity index (χ3n) is 3.94. The van der Waals surface area contributed by atoms with Crippen molar-refractivity contribution in [2.75, 3.05) is 32.1 Å². The van der Waals surface area contributed by atoms with Crippen LogP contribution in [0.2, 0.25) is 0 Å². The number of halogens is 2. The van der Waals surface area contributed by atoms with Crippen LogP contribution in [0.3, 0.4) is 0 Å². The van der Waals surface area contributed by atoms with Crippen molar-refractivity contribution in [3.63, 3.8) is 0 Å². The summed E-state index contributed by atoms with van der Waals surface area (Å²) in [6, 6.07) is 9.17. The normalized spacial score (nSPS) is 13.9. The number of nitrogens with zero attached hydrogens (tertiary/aromatic N) is 1. The van der Waals surface area contributed by atoms with Crippen LogP contribution in [0.4, 0.5) is 14.5 Å². The largest absolute Gasteiger partial charge is 0.490 e. The molecular formula is C19H21F2N3O2. The minimum Gasteiger partial charge on any atom is -0.490 e. The van der Waals surface area contributed by atoms with Crippen LogP contribution in [-0.2, 0) is 6.42 Å². The highest BCUT2D eigenvalue weighted by Crippen LogP contribution is 2.32. The van der Waals surface area contributed by atoms with Gasteiger partial charge in [0.05, 0.1) is 13.2 Å². The lowest BCUT2D eigenvalue weighted by Crippen LogP contribution is -2.32. The first kappa shape index (κ1) is 18.0. The Morgan fingerprint density at radius 1 is 1.08 bits per heavy atom. The van der Waals surface area contributed by atoms with Crippen LogP contribution in [0.5, 0.6) is 11.5 Å². The number of hydrogen-bond acceptors (Lipinski definition) is 3. The Morgan fingerprint density at radius 2 is 1.88 bits per heavy atom. The van der Waals surface area contributed by atoms with Gasteiger partial charge in [-0.25, -0.2) is 8.78 Å². The average Bonchev–Trinajstić information content (AvgIpc) is 2.87. The van der Waals surface area contributed by atoms with E-state index in [1.54, 1.807) is 7.05 Å². The Morgan fingerprint density at radius 3 is 2.65 bits per heavy atom. The molecule has 0 saturated heterocycles. The van der Waals surface area contributed by atoms with Gasteiger partial charge < -0.3 is 20.1 Å². The third-order valence-corrected chi connectivity index (χ3v) is 3.94. The zero-order valence-electron chi connectivity index (χ0n) is 14.5. The standard InChI is InChI=1S/C19H21F2N3O2/c1-22-19(23-8-7-13-3-4-14(20)11-16(13)21)24-15-5-6-17-18(12-15)26-10-2-9-25-17/h3-6,11-12H,2,7-10H2,1H3,(H2,22,23,24). The van der Waals surface area contributed by atoms with Gasteiger partial charge in [0.15, 0.2) is 17.5 Å². The van der Waals surface area contributed by atoms with Crippen LogP contribution in [0.1, 0.15) is 12.0 Å². The van der Waals surface area contributed by atoms with Crippen molar-refractivity contribution in [1.29, 1.82) is 0 Å². The van der Waals surface area contributed by atoms with E-state index in [1.165, 1.54) is 12.1 Å². The first-order valence-corrected chi connectivity index (χ1v) is 8.47. The van der Waals surface area contributed by atoms with E-state index < -0.39 is 11.6 Å². The number of anilines is 1. The molecule has 138 valence electrons. The molecule has 0 spiro atoms. The molecule has 0 atom stereocenters. The predicted octanol–water partition coefficient (Wildman–Crippen LogP) is 3.36. The lowest BCUT2D eigenvalue weighted by molar-refractivity contribution is 0.297. The number of benzene rings is 2. The number of aliphatic imine (C=N–C) groups is 1. The average molecular weight is 361 g/mol. The predicted molar refractivity (Wildman–Crippen MR) is 97.1 cm³/mol. The Kier molecular flexibility index (Phi) is 5.88. The highest BCUT2D eigenvalue weighted by molar-refractivity contribution is 5.93. The van der Waals surface area contributed by atoms with Gasteiger partial charge in [-0.1, -0.05) is 6.07 Å². The Hall–Kier alpha value is -2.83. The summed E-state index contributed by atoms with van der Waals surface area (Å²) in [5, 5.41) is 6.27. The monoisotopic (exact) mass is 361 g/mol. The Labute approximate surface area is 151 Å². The summed E-state index contributed by atoms with van der Waals surface area (Å²) in [5.74, 6) is 0.838. The lowest BCUT2D eigenvalue weighted by Gasteiger charge is -2.14. The molecule has 2 aromatic rings. The van der Waals surface area contributed by atoms with E-state index in [1.807, 2.05) is 18.2 Å². The fraction of sp³-hybridized carbons (Fsp3) is 0.316. The summed E-state index contributed by atoms with van der Waals surface area (Å²) in [5.41, 5.74) is 1.25. The van der Waals surface area contributed by atoms with Gasteiger partial charge in [-0.15, -0.1) is 0 Å². The number of rotatable bonds is 4. The number of hydrogen-bond donors (Lipinski definition) is 2. The topological polar surface area (TPSA) is 54.9 Å². The highest BCUT2D eigenvalue weighted by Gasteiger charge is 2.11. The van der Waals surface area contributed by atoms with Crippen molar-refractivity contribution >= 4 is 11.6 Å². The van der Waals surface area contributed by atoms with Gasteiger partial charge in [-0.3, -0.25) is 4.99 Å². The number of fused-ring (bicyclic) bond motifs is 1. The van der Waals surface area contributed by atoms with E-state index in [9.17, 15) is 8.78 Å². The fourth-order valence-corrected chi connectivity index (χ4v) is 2.60. The quantitative estimate of drug-likeness (QED) is 0.648. The maximum atomic E-state index is 13.7. The van der Waals surface area contributed by atoms with Gasteiger partial charge in [0.2, 0.25) is 0 Å². The molecule has 0 saturated carbocycles. The van der Waals surface area contributed by atoms with Crippen LogP contribution in [0, 0.1) is 11.6 Å². The first-order valence-electron chi connectivity index (χ1n) is 8.47. The van der Waals surface area contributed by atoms with E-state index in [4.69, 9.17) is 9.47 Å². The molecule has 0 radical (unpaired) electrons. The number of guanidine groups is 1.